The van der Waals surface area contributed by atoms with E-state index in [-0.39, 0.29) is 0 Å². The zero-order valence-electron chi connectivity index (χ0n) is 10.1. The van der Waals surface area contributed by atoms with Crippen LogP contribution in [0.5, 0.6) is 0 Å². The molecule has 0 radical (unpaired) electrons. The van der Waals surface area contributed by atoms with Gasteiger partial charge in [-0.05, 0) is 30.7 Å². The molecule has 0 aliphatic rings. The van der Waals surface area contributed by atoms with E-state index in [1.165, 1.54) is 0 Å². The third-order valence-electron chi connectivity index (χ3n) is 2.94. The highest BCUT2D eigenvalue weighted by molar-refractivity contribution is 6.37. The highest BCUT2D eigenvalue weighted by atomic mass is 35.5. The van der Waals surface area contributed by atoms with E-state index in [2.05, 4.69) is 9.97 Å². The van der Waals surface area contributed by atoms with Crippen LogP contribution in [0.4, 0.5) is 5.95 Å². The van der Waals surface area contributed by atoms with Gasteiger partial charge in [-0.15, -0.1) is 0 Å². The molecule has 0 bridgehead atoms. The first kappa shape index (κ1) is 12.3. The van der Waals surface area contributed by atoms with Crippen molar-refractivity contribution in [1.82, 2.24) is 14.5 Å². The Bertz CT molecular complexity index is 759. The van der Waals surface area contributed by atoms with Gasteiger partial charge >= 0.3 is 0 Å². The summed E-state index contributed by atoms with van der Waals surface area (Å²) in [6.45, 7) is 1.95. The molecule has 2 heterocycles. The molecule has 3 aromatic rings. The van der Waals surface area contributed by atoms with Gasteiger partial charge in [-0.3, -0.25) is 4.57 Å². The third kappa shape index (κ3) is 1.84. The zero-order chi connectivity index (χ0) is 13.6. The number of hydrogen-bond donors (Lipinski definition) is 1. The van der Waals surface area contributed by atoms with Crippen LogP contribution in [0.25, 0.3) is 16.9 Å². The number of anilines is 1. The van der Waals surface area contributed by atoms with E-state index in [0.29, 0.717) is 27.3 Å². The number of aryl methyl sites for hydroxylation is 1. The quantitative estimate of drug-likeness (QED) is 0.745. The predicted molar refractivity (Wildman–Crippen MR) is 78.0 cm³/mol. The van der Waals surface area contributed by atoms with Crippen molar-refractivity contribution in [1.29, 1.82) is 0 Å². The van der Waals surface area contributed by atoms with Crippen LogP contribution in [0.3, 0.4) is 0 Å². The molecule has 0 aliphatic heterocycles. The first-order chi connectivity index (χ1) is 9.09. The third-order valence-corrected chi connectivity index (χ3v) is 3.55. The monoisotopic (exact) mass is 292 g/mol. The summed E-state index contributed by atoms with van der Waals surface area (Å²) in [4.78, 5) is 8.66. The van der Waals surface area contributed by atoms with Crippen molar-refractivity contribution in [2.75, 3.05) is 5.73 Å². The number of fused-ring (bicyclic) bond motifs is 1. The molecule has 2 N–H and O–H groups in total. The molecule has 4 nitrogen and oxygen atoms in total. The summed E-state index contributed by atoms with van der Waals surface area (Å²) in [5.41, 5.74) is 8.98. The molecule has 0 atom stereocenters. The van der Waals surface area contributed by atoms with Gasteiger partial charge in [0.25, 0.3) is 0 Å². The topological polar surface area (TPSA) is 56.7 Å². The molecule has 3 rings (SSSR count). The van der Waals surface area contributed by atoms with Crippen molar-refractivity contribution in [3.63, 3.8) is 0 Å². The number of halogens is 2. The number of hydrogen-bond acceptors (Lipinski definition) is 3. The van der Waals surface area contributed by atoms with Crippen LogP contribution < -0.4 is 5.73 Å². The van der Waals surface area contributed by atoms with Gasteiger partial charge in [-0.25, -0.2) is 9.97 Å². The van der Waals surface area contributed by atoms with Crippen LogP contribution in [0.2, 0.25) is 10.0 Å². The van der Waals surface area contributed by atoms with Gasteiger partial charge < -0.3 is 5.73 Å². The Morgan fingerprint density at radius 1 is 1.16 bits per heavy atom. The Morgan fingerprint density at radius 2 is 1.84 bits per heavy atom. The Labute approximate surface area is 119 Å². The van der Waals surface area contributed by atoms with E-state index in [4.69, 9.17) is 28.9 Å². The van der Waals surface area contributed by atoms with E-state index in [0.717, 1.165) is 11.1 Å². The molecular formula is C13H10Cl2N4. The molecule has 19 heavy (non-hydrogen) atoms. The second-order valence-electron chi connectivity index (χ2n) is 4.18. The lowest BCUT2D eigenvalue weighted by molar-refractivity contribution is 1.08. The summed E-state index contributed by atoms with van der Waals surface area (Å²) >= 11 is 12.4. The minimum atomic E-state index is 0.312. The SMILES string of the molecule is Cc1ccnc2c1nc(N)n2-c1c(Cl)cccc1Cl. The molecular weight excluding hydrogens is 283 g/mol. The average molecular weight is 293 g/mol. The number of nitrogens with two attached hydrogens (primary N) is 1. The summed E-state index contributed by atoms with van der Waals surface area (Å²) < 4.78 is 1.67. The minimum Gasteiger partial charge on any atom is -0.369 e. The molecule has 2 aromatic heterocycles. The Kier molecular flexibility index (Phi) is 2.84. The van der Waals surface area contributed by atoms with Crippen LogP contribution in [0.15, 0.2) is 30.5 Å². The van der Waals surface area contributed by atoms with Crippen molar-refractivity contribution in [3.8, 4) is 5.69 Å². The van der Waals surface area contributed by atoms with Gasteiger partial charge in [0, 0.05) is 6.20 Å². The van der Waals surface area contributed by atoms with Crippen molar-refractivity contribution in [2.45, 2.75) is 6.92 Å². The van der Waals surface area contributed by atoms with Gasteiger partial charge in [0.05, 0.1) is 15.7 Å². The molecule has 0 unspecified atom stereocenters. The fourth-order valence-corrected chi connectivity index (χ4v) is 2.60. The lowest BCUT2D eigenvalue weighted by Gasteiger charge is -2.10. The van der Waals surface area contributed by atoms with Crippen LogP contribution in [-0.2, 0) is 0 Å². The Balaban J connectivity index is 2.44. The van der Waals surface area contributed by atoms with Crippen molar-refractivity contribution >= 4 is 40.3 Å². The fourth-order valence-electron chi connectivity index (χ4n) is 2.03. The van der Waals surface area contributed by atoms with Gasteiger partial charge in [0.1, 0.15) is 5.52 Å². The first-order valence-corrected chi connectivity index (χ1v) is 6.39. The average Bonchev–Trinajstić information content (AvgIpc) is 2.68. The van der Waals surface area contributed by atoms with Crippen LogP contribution >= 0.6 is 23.2 Å². The van der Waals surface area contributed by atoms with Crippen LogP contribution in [-0.4, -0.2) is 14.5 Å². The summed E-state index contributed by atoms with van der Waals surface area (Å²) in [5.74, 6) is 0.312. The number of rotatable bonds is 1. The molecule has 6 heteroatoms. The summed E-state index contributed by atoms with van der Waals surface area (Å²) in [6, 6.07) is 7.17. The van der Waals surface area contributed by atoms with Crippen molar-refractivity contribution < 1.29 is 0 Å². The highest BCUT2D eigenvalue weighted by Gasteiger charge is 2.17. The zero-order valence-corrected chi connectivity index (χ0v) is 11.6. The molecule has 96 valence electrons. The highest BCUT2D eigenvalue weighted by Crippen LogP contribution is 2.33. The number of imidazole rings is 1. The van der Waals surface area contributed by atoms with E-state index in [9.17, 15) is 0 Å². The fraction of sp³-hybridized carbons (Fsp3) is 0.0769. The van der Waals surface area contributed by atoms with E-state index in [1.807, 2.05) is 13.0 Å². The van der Waals surface area contributed by atoms with Gasteiger partial charge in [-0.2, -0.15) is 0 Å². The second kappa shape index (κ2) is 4.40. The van der Waals surface area contributed by atoms with E-state index in [1.54, 1.807) is 29.0 Å². The molecule has 0 aliphatic carbocycles. The summed E-state index contributed by atoms with van der Waals surface area (Å²) in [6.07, 6.45) is 1.71. The largest absolute Gasteiger partial charge is 0.369 e. The van der Waals surface area contributed by atoms with Gasteiger partial charge in [0.15, 0.2) is 5.65 Å². The minimum absolute atomic E-state index is 0.312. The molecule has 0 amide bonds. The number of nitrogens with zero attached hydrogens (tertiary/aromatic N) is 3. The van der Waals surface area contributed by atoms with E-state index < -0.39 is 0 Å². The smallest absolute Gasteiger partial charge is 0.207 e. The van der Waals surface area contributed by atoms with Crippen LogP contribution in [0, 0.1) is 6.92 Å². The predicted octanol–water partition coefficient (Wildman–Crippen LogP) is 3.62. The Hall–Kier alpha value is -1.78. The van der Waals surface area contributed by atoms with Gasteiger partial charge in [0.2, 0.25) is 5.95 Å². The molecule has 0 spiro atoms. The van der Waals surface area contributed by atoms with Crippen molar-refractivity contribution in [3.05, 3.63) is 46.1 Å². The number of para-hydroxylation sites is 1. The number of aromatic nitrogens is 3. The number of benzene rings is 1. The number of nitrogen functional groups attached to an aromatic ring is 1. The molecule has 0 saturated carbocycles. The Morgan fingerprint density at radius 3 is 2.53 bits per heavy atom. The summed E-state index contributed by atoms with van der Waals surface area (Å²) in [5, 5.41) is 1.00. The first-order valence-electron chi connectivity index (χ1n) is 5.63. The van der Waals surface area contributed by atoms with Crippen molar-refractivity contribution in [2.24, 2.45) is 0 Å². The molecule has 0 fully saturated rings. The molecule has 1 aromatic carbocycles. The van der Waals surface area contributed by atoms with E-state index >= 15 is 0 Å². The maximum Gasteiger partial charge on any atom is 0.207 e. The maximum absolute atomic E-state index is 6.22. The standard InChI is InChI=1S/C13H10Cl2N4/c1-7-5-6-17-12-10(7)18-13(16)19(12)11-8(14)3-2-4-9(11)15/h2-6H,1H3,(H2,16,18). The maximum atomic E-state index is 6.22. The summed E-state index contributed by atoms with van der Waals surface area (Å²) in [7, 11) is 0. The molecule has 0 saturated heterocycles. The number of pyridine rings is 1. The van der Waals surface area contributed by atoms with Gasteiger partial charge in [-0.1, -0.05) is 29.3 Å². The van der Waals surface area contributed by atoms with Crippen LogP contribution in [0.1, 0.15) is 5.56 Å². The lowest BCUT2D eigenvalue weighted by Crippen LogP contribution is -2.02. The lowest BCUT2D eigenvalue weighted by atomic mass is 10.2. The normalized spacial score (nSPS) is 11.1. The second-order valence-corrected chi connectivity index (χ2v) is 4.99.